The maximum atomic E-state index is 10.7. The van der Waals surface area contributed by atoms with Gasteiger partial charge in [-0.2, -0.15) is 10.5 Å². The van der Waals surface area contributed by atoms with Crippen molar-refractivity contribution in [3.8, 4) is 45.5 Å². The number of benzene rings is 6. The number of hydrogen-bond acceptors (Lipinski definition) is 2. The molecule has 10 rings (SSSR count). The Morgan fingerprint density at radius 1 is 0.532 bits per heavy atom. The highest BCUT2D eigenvalue weighted by atomic mass is 14.9. The fourth-order valence-electron chi connectivity index (χ4n) is 9.44. The Hall–Kier alpha value is -5.90. The van der Waals surface area contributed by atoms with Gasteiger partial charge in [0.15, 0.2) is 0 Å². The predicted octanol–water partition coefficient (Wildman–Crippen LogP) is 10.9. The summed E-state index contributed by atoms with van der Waals surface area (Å²) in [6, 6.07) is 42.0. The Balaban J connectivity index is 1.51. The van der Waals surface area contributed by atoms with Crippen LogP contribution in [-0.2, 0) is 10.8 Å². The zero-order valence-electron chi connectivity index (χ0n) is 26.7. The minimum Gasteiger partial charge on any atom is -0.308 e. The molecule has 0 atom stereocenters. The molecule has 0 N–H and O–H groups in total. The van der Waals surface area contributed by atoms with Gasteiger partial charge in [0.1, 0.15) is 0 Å². The van der Waals surface area contributed by atoms with E-state index in [1.54, 1.807) is 0 Å². The summed E-state index contributed by atoms with van der Waals surface area (Å²) in [6.45, 7) is 8.97. The summed E-state index contributed by atoms with van der Waals surface area (Å²) >= 11 is 0. The molecule has 3 nitrogen and oxygen atoms in total. The second-order valence-electron chi connectivity index (χ2n) is 14.3. The van der Waals surface area contributed by atoms with Crippen LogP contribution in [0.15, 0.2) is 103 Å². The molecule has 0 aliphatic heterocycles. The highest BCUT2D eigenvalue weighted by molar-refractivity contribution is 6.30. The molecule has 3 heteroatoms. The normalized spacial score (nSPS) is 15.1. The van der Waals surface area contributed by atoms with E-state index in [-0.39, 0.29) is 10.8 Å². The van der Waals surface area contributed by atoms with Gasteiger partial charge in [0.05, 0.1) is 39.8 Å². The van der Waals surface area contributed by atoms with E-state index in [0.717, 1.165) is 49.9 Å². The van der Waals surface area contributed by atoms with Crippen molar-refractivity contribution in [1.29, 1.82) is 10.5 Å². The standard InChI is InChI=1S/C44H29N3/c1-43(2)32-16-10-8-14-28(32)38-36-30-18-25(24-12-6-5-7-13-24)19-31-37-35(47(42(30)31)34(36)20-26(22-45)40(38)43)21-27(23-46)41-39(37)29-15-9-11-17-33(29)44(41,3)4/h5-21H,1-4H3. The molecule has 2 aliphatic carbocycles. The zero-order chi connectivity index (χ0) is 32.0. The molecular weight excluding hydrogens is 571 g/mol. The van der Waals surface area contributed by atoms with Crippen LogP contribution < -0.4 is 0 Å². The molecule has 0 saturated carbocycles. The molecule has 2 aromatic heterocycles. The van der Waals surface area contributed by atoms with E-state index < -0.39 is 0 Å². The fourth-order valence-corrected chi connectivity index (χ4v) is 9.44. The first-order valence-electron chi connectivity index (χ1n) is 16.2. The van der Waals surface area contributed by atoms with Crippen molar-refractivity contribution in [2.75, 3.05) is 0 Å². The minimum absolute atomic E-state index is 0.314. The summed E-state index contributed by atoms with van der Waals surface area (Å²) in [5, 5.41) is 26.1. The molecule has 0 radical (unpaired) electrons. The first-order chi connectivity index (χ1) is 22.8. The van der Waals surface area contributed by atoms with Gasteiger partial charge in [0.2, 0.25) is 0 Å². The quantitative estimate of drug-likeness (QED) is 0.188. The van der Waals surface area contributed by atoms with E-state index in [9.17, 15) is 10.5 Å². The van der Waals surface area contributed by atoms with Crippen LogP contribution in [0, 0.1) is 22.7 Å². The summed E-state index contributed by atoms with van der Waals surface area (Å²) < 4.78 is 2.36. The van der Waals surface area contributed by atoms with Gasteiger partial charge >= 0.3 is 0 Å². The van der Waals surface area contributed by atoms with Crippen molar-refractivity contribution in [2.24, 2.45) is 0 Å². The average Bonchev–Trinajstić information content (AvgIpc) is 3.75. The third-order valence-corrected chi connectivity index (χ3v) is 11.3. The Labute approximate surface area is 272 Å². The first-order valence-corrected chi connectivity index (χ1v) is 16.2. The second-order valence-corrected chi connectivity index (χ2v) is 14.3. The van der Waals surface area contributed by atoms with Crippen LogP contribution in [-0.4, -0.2) is 4.40 Å². The van der Waals surface area contributed by atoms with Gasteiger partial charge < -0.3 is 4.40 Å². The fraction of sp³-hybridized carbons (Fsp3) is 0.136. The monoisotopic (exact) mass is 599 g/mol. The summed E-state index contributed by atoms with van der Waals surface area (Å²) in [5.74, 6) is 0. The van der Waals surface area contributed by atoms with E-state index in [2.05, 4.69) is 147 Å². The van der Waals surface area contributed by atoms with Crippen molar-refractivity contribution in [1.82, 2.24) is 4.40 Å². The lowest BCUT2D eigenvalue weighted by atomic mass is 9.79. The van der Waals surface area contributed by atoms with E-state index in [1.165, 1.54) is 43.8 Å². The molecule has 0 saturated heterocycles. The van der Waals surface area contributed by atoms with Gasteiger partial charge in [-0.1, -0.05) is 107 Å². The maximum Gasteiger partial charge on any atom is 0.0995 e. The first kappa shape index (κ1) is 26.3. The third-order valence-electron chi connectivity index (χ3n) is 11.3. The van der Waals surface area contributed by atoms with Crippen LogP contribution in [0.3, 0.4) is 0 Å². The zero-order valence-corrected chi connectivity index (χ0v) is 26.7. The van der Waals surface area contributed by atoms with Crippen molar-refractivity contribution in [3.05, 3.63) is 137 Å². The van der Waals surface area contributed by atoms with Gasteiger partial charge in [-0.05, 0) is 79.9 Å². The largest absolute Gasteiger partial charge is 0.308 e. The number of nitrogens with zero attached hydrogens (tertiary/aromatic N) is 3. The second kappa shape index (κ2) is 8.47. The lowest BCUT2D eigenvalue weighted by Crippen LogP contribution is -2.16. The Kier molecular flexibility index (Phi) is 4.74. The van der Waals surface area contributed by atoms with Crippen LogP contribution in [0.5, 0.6) is 0 Å². The lowest BCUT2D eigenvalue weighted by molar-refractivity contribution is 0.659. The summed E-state index contributed by atoms with van der Waals surface area (Å²) in [7, 11) is 0. The molecule has 0 spiro atoms. The Morgan fingerprint density at radius 3 is 1.45 bits per heavy atom. The van der Waals surface area contributed by atoms with Crippen molar-refractivity contribution >= 4 is 38.1 Å². The van der Waals surface area contributed by atoms with Gasteiger partial charge in [-0.25, -0.2) is 0 Å². The van der Waals surface area contributed by atoms with E-state index in [0.29, 0.717) is 11.1 Å². The molecule has 47 heavy (non-hydrogen) atoms. The molecule has 2 aliphatic rings. The minimum atomic E-state index is -0.314. The molecule has 8 aromatic rings. The van der Waals surface area contributed by atoms with Crippen LogP contribution in [0.4, 0.5) is 0 Å². The van der Waals surface area contributed by atoms with Gasteiger partial charge in [0, 0.05) is 32.4 Å². The Morgan fingerprint density at radius 2 is 0.979 bits per heavy atom. The van der Waals surface area contributed by atoms with E-state index in [4.69, 9.17) is 0 Å². The molecule has 2 heterocycles. The molecule has 0 amide bonds. The highest BCUT2D eigenvalue weighted by Crippen LogP contribution is 2.58. The van der Waals surface area contributed by atoms with Gasteiger partial charge in [-0.3, -0.25) is 0 Å². The Bertz CT molecular complexity index is 2630. The lowest BCUT2D eigenvalue weighted by Gasteiger charge is -2.23. The average molecular weight is 600 g/mol. The van der Waals surface area contributed by atoms with Crippen LogP contribution in [0.25, 0.3) is 71.5 Å². The van der Waals surface area contributed by atoms with E-state index >= 15 is 0 Å². The van der Waals surface area contributed by atoms with Gasteiger partial charge in [0.25, 0.3) is 0 Å². The number of fused-ring (bicyclic) bond motifs is 14. The SMILES string of the molecule is CC1(C)c2ccccc2-c2c1c(C#N)cc1c2c2cc(-c3ccccc3)cc3c4c5c(c(C#N)cc4n1c23)C(C)(C)c1ccccc1-5. The highest BCUT2D eigenvalue weighted by Gasteiger charge is 2.42. The van der Waals surface area contributed by atoms with Crippen molar-refractivity contribution in [2.45, 2.75) is 38.5 Å². The molecular formula is C44H29N3. The number of hydrogen-bond donors (Lipinski definition) is 0. The van der Waals surface area contributed by atoms with Gasteiger partial charge in [-0.15, -0.1) is 0 Å². The van der Waals surface area contributed by atoms with Crippen LogP contribution in [0.2, 0.25) is 0 Å². The van der Waals surface area contributed by atoms with Crippen LogP contribution >= 0.6 is 0 Å². The predicted molar refractivity (Wildman–Crippen MR) is 191 cm³/mol. The molecule has 0 bridgehead atoms. The van der Waals surface area contributed by atoms with Crippen molar-refractivity contribution < 1.29 is 0 Å². The van der Waals surface area contributed by atoms with E-state index in [1.807, 2.05) is 0 Å². The topological polar surface area (TPSA) is 52.0 Å². The van der Waals surface area contributed by atoms with Crippen LogP contribution in [0.1, 0.15) is 61.1 Å². The number of rotatable bonds is 1. The summed E-state index contributed by atoms with van der Waals surface area (Å²) in [5.41, 5.74) is 15.7. The molecule has 6 aromatic carbocycles. The maximum absolute atomic E-state index is 10.7. The summed E-state index contributed by atoms with van der Waals surface area (Å²) in [6.07, 6.45) is 0. The summed E-state index contributed by atoms with van der Waals surface area (Å²) in [4.78, 5) is 0. The number of aromatic nitrogens is 1. The molecule has 220 valence electrons. The molecule has 0 unspecified atom stereocenters. The van der Waals surface area contributed by atoms with Crippen molar-refractivity contribution in [3.63, 3.8) is 0 Å². The third kappa shape index (κ3) is 2.97. The molecule has 0 fully saturated rings. The number of nitriles is 2. The smallest absolute Gasteiger partial charge is 0.0995 e.